The summed E-state index contributed by atoms with van der Waals surface area (Å²) in [7, 11) is 0. The van der Waals surface area contributed by atoms with Crippen LogP contribution in [0.25, 0.3) is 0 Å². The smallest absolute Gasteiger partial charge is 0.319 e. The molecule has 1 aromatic rings. The number of carbonyl (C=O) groups is 2. The molecule has 21 heavy (non-hydrogen) atoms. The molecule has 0 aliphatic rings. The van der Waals surface area contributed by atoms with E-state index in [4.69, 9.17) is 5.11 Å². The van der Waals surface area contributed by atoms with Gasteiger partial charge in [0.25, 0.3) is 0 Å². The van der Waals surface area contributed by atoms with E-state index in [1.807, 2.05) is 24.3 Å². The first-order chi connectivity index (χ1) is 9.54. The molecule has 3 N–H and O–H groups in total. The van der Waals surface area contributed by atoms with Crippen LogP contribution in [0, 0.1) is 5.41 Å². The maximum Gasteiger partial charge on any atom is 0.319 e. The lowest BCUT2D eigenvalue weighted by Crippen LogP contribution is -2.41. The quantitative estimate of drug-likeness (QED) is 0.797. The minimum Gasteiger partial charge on any atom is -0.481 e. The molecule has 0 saturated heterocycles. The van der Waals surface area contributed by atoms with Crippen LogP contribution in [-0.4, -0.2) is 23.7 Å². The van der Waals surface area contributed by atoms with Crippen molar-refractivity contribution < 1.29 is 14.7 Å². The second-order valence-electron chi connectivity index (χ2n) is 6.79. The number of carbonyl (C=O) groups excluding carboxylic acids is 1. The lowest BCUT2D eigenvalue weighted by molar-refractivity contribution is -0.146. The number of anilines is 1. The fourth-order valence-electron chi connectivity index (χ4n) is 1.79. The van der Waals surface area contributed by atoms with Crippen molar-refractivity contribution >= 4 is 17.7 Å². The zero-order valence-electron chi connectivity index (χ0n) is 13.3. The normalized spacial score (nSPS) is 11.9. The third kappa shape index (κ3) is 4.77. The van der Waals surface area contributed by atoms with Crippen molar-refractivity contribution in [2.24, 2.45) is 5.41 Å². The number of carboxylic acid groups (broad SMARTS) is 1. The summed E-state index contributed by atoms with van der Waals surface area (Å²) in [6.45, 7) is 9.40. The van der Waals surface area contributed by atoms with E-state index in [2.05, 4.69) is 31.4 Å². The van der Waals surface area contributed by atoms with Crippen LogP contribution in [0.1, 0.15) is 40.2 Å². The molecule has 0 aliphatic carbocycles. The summed E-state index contributed by atoms with van der Waals surface area (Å²) in [5, 5.41) is 14.4. The van der Waals surface area contributed by atoms with Crippen LogP contribution in [0.3, 0.4) is 0 Å². The summed E-state index contributed by atoms with van der Waals surface area (Å²) in [5.41, 5.74) is 0.665. The second-order valence-corrected chi connectivity index (χ2v) is 6.79. The number of nitrogens with one attached hydrogen (secondary N) is 2. The Labute approximate surface area is 125 Å². The van der Waals surface area contributed by atoms with Gasteiger partial charge in [-0.25, -0.2) is 4.79 Å². The molecule has 1 aromatic carbocycles. The van der Waals surface area contributed by atoms with Gasteiger partial charge >= 0.3 is 12.0 Å². The Morgan fingerprint density at radius 3 is 2.19 bits per heavy atom. The number of aliphatic carboxylic acids is 1. The Morgan fingerprint density at radius 1 is 1.10 bits per heavy atom. The van der Waals surface area contributed by atoms with Gasteiger partial charge < -0.3 is 15.7 Å². The Balaban J connectivity index is 2.75. The molecular formula is C16H24N2O3. The van der Waals surface area contributed by atoms with E-state index in [9.17, 15) is 9.59 Å². The van der Waals surface area contributed by atoms with E-state index in [1.54, 1.807) is 13.8 Å². The van der Waals surface area contributed by atoms with E-state index in [-0.39, 0.29) is 12.0 Å². The van der Waals surface area contributed by atoms with Crippen molar-refractivity contribution in [1.29, 1.82) is 0 Å². The fraction of sp³-hybridized carbons (Fsp3) is 0.500. The summed E-state index contributed by atoms with van der Waals surface area (Å²) in [6, 6.07) is 7.18. The molecule has 5 heteroatoms. The van der Waals surface area contributed by atoms with E-state index < -0.39 is 17.4 Å². The first kappa shape index (κ1) is 17.0. The maximum atomic E-state index is 11.9. The van der Waals surface area contributed by atoms with Gasteiger partial charge in [-0.05, 0) is 30.9 Å². The van der Waals surface area contributed by atoms with Crippen LogP contribution in [0.4, 0.5) is 10.5 Å². The molecule has 0 radical (unpaired) electrons. The standard InChI is InChI=1S/C16H24N2O3/c1-15(2,3)11-8-6-7-9-12(11)18-14(21)17-10-16(4,5)13(19)20/h6-9H,10H2,1-5H3,(H,19,20)(H2,17,18,21). The average molecular weight is 292 g/mol. The van der Waals surface area contributed by atoms with Crippen LogP contribution in [0.2, 0.25) is 0 Å². The molecule has 5 nitrogen and oxygen atoms in total. The lowest BCUT2D eigenvalue weighted by atomic mass is 9.86. The van der Waals surface area contributed by atoms with Gasteiger partial charge in [0.2, 0.25) is 0 Å². The summed E-state index contributed by atoms with van der Waals surface area (Å²) in [4.78, 5) is 23.0. The van der Waals surface area contributed by atoms with Crippen LogP contribution in [0.5, 0.6) is 0 Å². The van der Waals surface area contributed by atoms with Crippen molar-refractivity contribution in [3.8, 4) is 0 Å². The zero-order valence-corrected chi connectivity index (χ0v) is 13.3. The number of benzene rings is 1. The summed E-state index contributed by atoms with van der Waals surface area (Å²) in [6.07, 6.45) is 0. The second kappa shape index (κ2) is 6.16. The van der Waals surface area contributed by atoms with Gasteiger partial charge in [0, 0.05) is 12.2 Å². The first-order valence-corrected chi connectivity index (χ1v) is 6.92. The lowest BCUT2D eigenvalue weighted by Gasteiger charge is -2.24. The minimum absolute atomic E-state index is 0.0614. The predicted molar refractivity (Wildman–Crippen MR) is 83.6 cm³/mol. The van der Waals surface area contributed by atoms with Crippen LogP contribution < -0.4 is 10.6 Å². The molecule has 0 fully saturated rings. The Kier molecular flexibility index (Phi) is 4.99. The molecule has 0 atom stereocenters. The fourth-order valence-corrected chi connectivity index (χ4v) is 1.79. The summed E-state index contributed by atoms with van der Waals surface area (Å²) >= 11 is 0. The Morgan fingerprint density at radius 2 is 1.67 bits per heavy atom. The molecule has 0 heterocycles. The molecule has 0 spiro atoms. The summed E-state index contributed by atoms with van der Waals surface area (Å²) in [5.74, 6) is -0.946. The largest absolute Gasteiger partial charge is 0.481 e. The molecule has 2 amide bonds. The van der Waals surface area contributed by atoms with E-state index in [1.165, 1.54) is 0 Å². The van der Waals surface area contributed by atoms with Crippen molar-refractivity contribution in [2.45, 2.75) is 40.0 Å². The number of hydrogen-bond acceptors (Lipinski definition) is 2. The topological polar surface area (TPSA) is 78.4 Å². The molecule has 116 valence electrons. The van der Waals surface area contributed by atoms with Crippen molar-refractivity contribution in [3.63, 3.8) is 0 Å². The highest BCUT2D eigenvalue weighted by Crippen LogP contribution is 2.29. The predicted octanol–water partition coefficient (Wildman–Crippen LogP) is 3.22. The van der Waals surface area contributed by atoms with Gasteiger partial charge in [0.05, 0.1) is 5.41 Å². The molecule has 0 aromatic heterocycles. The third-order valence-corrected chi connectivity index (χ3v) is 3.25. The SMILES string of the molecule is CC(C)(CNC(=O)Nc1ccccc1C(C)(C)C)C(=O)O. The number of rotatable bonds is 4. The molecule has 0 saturated carbocycles. The van der Waals surface area contributed by atoms with Gasteiger partial charge in [-0.1, -0.05) is 39.0 Å². The monoisotopic (exact) mass is 292 g/mol. The van der Waals surface area contributed by atoms with Crippen molar-refractivity contribution in [2.75, 3.05) is 11.9 Å². The number of para-hydroxylation sites is 1. The van der Waals surface area contributed by atoms with Crippen LogP contribution in [0.15, 0.2) is 24.3 Å². The number of urea groups is 1. The van der Waals surface area contributed by atoms with E-state index in [0.29, 0.717) is 0 Å². The molecule has 1 rings (SSSR count). The number of carboxylic acids is 1. The molecule has 0 unspecified atom stereocenters. The van der Waals surface area contributed by atoms with E-state index in [0.717, 1.165) is 11.3 Å². The Hall–Kier alpha value is -2.04. The van der Waals surface area contributed by atoms with Crippen molar-refractivity contribution in [1.82, 2.24) is 5.32 Å². The van der Waals surface area contributed by atoms with Gasteiger partial charge in [0.1, 0.15) is 0 Å². The van der Waals surface area contributed by atoms with Gasteiger partial charge in [0.15, 0.2) is 0 Å². The van der Waals surface area contributed by atoms with Gasteiger partial charge in [-0.15, -0.1) is 0 Å². The maximum absolute atomic E-state index is 11.9. The average Bonchev–Trinajstić information content (AvgIpc) is 2.35. The van der Waals surface area contributed by atoms with Gasteiger partial charge in [-0.3, -0.25) is 4.79 Å². The van der Waals surface area contributed by atoms with E-state index >= 15 is 0 Å². The van der Waals surface area contributed by atoms with Crippen LogP contribution in [-0.2, 0) is 10.2 Å². The summed E-state index contributed by atoms with van der Waals surface area (Å²) < 4.78 is 0. The highest BCUT2D eigenvalue weighted by atomic mass is 16.4. The highest BCUT2D eigenvalue weighted by molar-refractivity contribution is 5.90. The number of amides is 2. The minimum atomic E-state index is -0.999. The molecule has 0 aliphatic heterocycles. The molecular weight excluding hydrogens is 268 g/mol. The molecule has 0 bridgehead atoms. The number of hydrogen-bond donors (Lipinski definition) is 3. The Bertz CT molecular complexity index is 531. The zero-order chi connectivity index (χ0) is 16.3. The van der Waals surface area contributed by atoms with Gasteiger partial charge in [-0.2, -0.15) is 0 Å². The van der Waals surface area contributed by atoms with Crippen LogP contribution >= 0.6 is 0 Å². The highest BCUT2D eigenvalue weighted by Gasteiger charge is 2.27. The first-order valence-electron chi connectivity index (χ1n) is 6.92. The van der Waals surface area contributed by atoms with Crippen molar-refractivity contribution in [3.05, 3.63) is 29.8 Å². The third-order valence-electron chi connectivity index (χ3n) is 3.25.